The van der Waals surface area contributed by atoms with Gasteiger partial charge in [-0.05, 0) is 44.2 Å². The Morgan fingerprint density at radius 1 is 1.43 bits per heavy atom. The van der Waals surface area contributed by atoms with E-state index in [1.807, 2.05) is 6.92 Å². The van der Waals surface area contributed by atoms with Gasteiger partial charge in [0, 0.05) is 24.7 Å². The molecule has 1 amide bonds. The molecule has 2 aliphatic rings. The Labute approximate surface area is 135 Å². The second-order valence-electron chi connectivity index (χ2n) is 6.93. The minimum Gasteiger partial charge on any atom is -0.390 e. The molecule has 0 radical (unpaired) electrons. The summed E-state index contributed by atoms with van der Waals surface area (Å²) in [4.78, 5) is 14.4. The molecule has 128 valence electrons. The molecule has 1 N–H and O–H groups in total. The first-order valence-electron chi connectivity index (χ1n) is 8.35. The molecule has 4 nitrogen and oxygen atoms in total. The lowest BCUT2D eigenvalue weighted by Crippen LogP contribution is -2.44. The number of likely N-dealkylation sites (tertiary alicyclic amines) is 1. The summed E-state index contributed by atoms with van der Waals surface area (Å²) in [6, 6.07) is 3.02. The number of fused-ring (bicyclic) bond motifs is 1. The summed E-state index contributed by atoms with van der Waals surface area (Å²) < 4.78 is 27.2. The number of amides is 1. The van der Waals surface area contributed by atoms with Crippen molar-refractivity contribution in [2.45, 2.75) is 51.7 Å². The lowest BCUT2D eigenvalue weighted by atomic mass is 9.69. The van der Waals surface area contributed by atoms with Crippen molar-refractivity contribution in [2.75, 3.05) is 13.1 Å². The van der Waals surface area contributed by atoms with Gasteiger partial charge in [0.2, 0.25) is 0 Å². The number of aryl methyl sites for hydroxylation is 1. The van der Waals surface area contributed by atoms with Gasteiger partial charge in [-0.3, -0.25) is 9.36 Å². The number of aliphatic hydroxyl groups is 1. The molecule has 2 heterocycles. The standard InChI is InChI=1S/C17H24F2N2O2/c1-3-17(23)8-4-5-12-9-20(10-13(12)17)15(22)14-7-6-11(2)21(14)16(18)19/h6-7,12-13,16,23H,3-5,8-10H2,1-2H3/t12-,13+,17-/m0/s1. The molecule has 23 heavy (non-hydrogen) atoms. The average molecular weight is 326 g/mol. The maximum Gasteiger partial charge on any atom is 0.319 e. The quantitative estimate of drug-likeness (QED) is 0.927. The zero-order valence-electron chi connectivity index (χ0n) is 13.6. The average Bonchev–Trinajstić information content (AvgIpc) is 3.11. The fraction of sp³-hybridized carbons (Fsp3) is 0.706. The van der Waals surface area contributed by atoms with Crippen molar-refractivity contribution in [3.63, 3.8) is 0 Å². The highest BCUT2D eigenvalue weighted by Gasteiger charge is 2.49. The Bertz CT molecular complexity index is 601. The Morgan fingerprint density at radius 3 is 2.83 bits per heavy atom. The topological polar surface area (TPSA) is 45.5 Å². The van der Waals surface area contributed by atoms with Crippen LogP contribution in [0.1, 0.15) is 55.3 Å². The minimum absolute atomic E-state index is 0.0381. The molecule has 1 saturated carbocycles. The van der Waals surface area contributed by atoms with Crippen LogP contribution in [0.3, 0.4) is 0 Å². The van der Waals surface area contributed by atoms with Gasteiger partial charge in [-0.1, -0.05) is 13.3 Å². The number of rotatable bonds is 3. The molecule has 0 aromatic carbocycles. The molecule has 0 unspecified atom stereocenters. The fourth-order valence-corrected chi connectivity index (χ4v) is 4.38. The van der Waals surface area contributed by atoms with Crippen molar-refractivity contribution in [3.05, 3.63) is 23.5 Å². The number of halogens is 2. The molecular formula is C17H24F2N2O2. The Hall–Kier alpha value is -1.43. The molecule has 6 heteroatoms. The van der Waals surface area contributed by atoms with Crippen LogP contribution in [0.15, 0.2) is 12.1 Å². The SMILES string of the molecule is CC[C@]1(O)CCC[C@H]2CN(C(=O)c3ccc(C)n3C(F)F)C[C@H]21. The van der Waals surface area contributed by atoms with Crippen molar-refractivity contribution in [3.8, 4) is 0 Å². The molecule has 1 aliphatic carbocycles. The molecule has 3 rings (SSSR count). The predicted molar refractivity (Wildman–Crippen MR) is 82.4 cm³/mol. The van der Waals surface area contributed by atoms with E-state index in [2.05, 4.69) is 0 Å². The van der Waals surface area contributed by atoms with Gasteiger partial charge in [-0.15, -0.1) is 0 Å². The number of hydrogen-bond donors (Lipinski definition) is 1. The van der Waals surface area contributed by atoms with Gasteiger partial charge in [-0.25, -0.2) is 0 Å². The molecular weight excluding hydrogens is 302 g/mol. The highest BCUT2D eigenvalue weighted by Crippen LogP contribution is 2.44. The lowest BCUT2D eigenvalue weighted by molar-refractivity contribution is -0.0609. The van der Waals surface area contributed by atoms with Gasteiger partial charge in [0.25, 0.3) is 5.91 Å². The van der Waals surface area contributed by atoms with E-state index in [9.17, 15) is 18.7 Å². The van der Waals surface area contributed by atoms with Gasteiger partial charge >= 0.3 is 6.55 Å². The van der Waals surface area contributed by atoms with E-state index in [1.54, 1.807) is 17.9 Å². The van der Waals surface area contributed by atoms with Crippen molar-refractivity contribution >= 4 is 5.91 Å². The predicted octanol–water partition coefficient (Wildman–Crippen LogP) is 3.20. The Kier molecular flexibility index (Phi) is 4.21. The number of aromatic nitrogens is 1. The molecule has 1 saturated heterocycles. The lowest BCUT2D eigenvalue weighted by Gasteiger charge is -2.40. The molecule has 1 aliphatic heterocycles. The van der Waals surface area contributed by atoms with Crippen LogP contribution in [0, 0.1) is 18.8 Å². The zero-order chi connectivity index (χ0) is 16.8. The van der Waals surface area contributed by atoms with Crippen LogP contribution < -0.4 is 0 Å². The van der Waals surface area contributed by atoms with E-state index in [0.29, 0.717) is 25.2 Å². The van der Waals surface area contributed by atoms with Gasteiger partial charge in [-0.2, -0.15) is 8.78 Å². The van der Waals surface area contributed by atoms with Gasteiger partial charge in [0.1, 0.15) is 5.69 Å². The largest absolute Gasteiger partial charge is 0.390 e. The van der Waals surface area contributed by atoms with Crippen LogP contribution in [0.5, 0.6) is 0 Å². The van der Waals surface area contributed by atoms with Crippen molar-refractivity contribution < 1.29 is 18.7 Å². The van der Waals surface area contributed by atoms with Crippen LogP contribution in [-0.2, 0) is 0 Å². The van der Waals surface area contributed by atoms with Gasteiger partial charge in [0.05, 0.1) is 5.60 Å². The molecule has 0 bridgehead atoms. The first-order valence-corrected chi connectivity index (χ1v) is 8.35. The third-order valence-electron chi connectivity index (χ3n) is 5.75. The highest BCUT2D eigenvalue weighted by molar-refractivity contribution is 5.93. The number of alkyl halides is 2. The molecule has 0 spiro atoms. The van der Waals surface area contributed by atoms with Gasteiger partial charge in [0.15, 0.2) is 0 Å². The van der Waals surface area contributed by atoms with E-state index < -0.39 is 12.2 Å². The number of carbonyl (C=O) groups excluding carboxylic acids is 1. The summed E-state index contributed by atoms with van der Waals surface area (Å²) >= 11 is 0. The Balaban J connectivity index is 1.83. The van der Waals surface area contributed by atoms with Crippen molar-refractivity contribution in [2.24, 2.45) is 11.8 Å². The second-order valence-corrected chi connectivity index (χ2v) is 6.93. The number of hydrogen-bond acceptors (Lipinski definition) is 2. The summed E-state index contributed by atoms with van der Waals surface area (Å²) in [6.07, 6.45) is 3.38. The summed E-state index contributed by atoms with van der Waals surface area (Å²) in [5, 5.41) is 10.8. The van der Waals surface area contributed by atoms with E-state index in [-0.39, 0.29) is 23.4 Å². The van der Waals surface area contributed by atoms with Crippen molar-refractivity contribution in [1.82, 2.24) is 9.47 Å². The first-order chi connectivity index (χ1) is 10.9. The number of carbonyl (C=O) groups is 1. The van der Waals surface area contributed by atoms with Crippen LogP contribution >= 0.6 is 0 Å². The summed E-state index contributed by atoms with van der Waals surface area (Å²) in [5.74, 6) is -0.0266. The first kappa shape index (κ1) is 16.4. The van der Waals surface area contributed by atoms with E-state index in [0.717, 1.165) is 23.8 Å². The summed E-state index contributed by atoms with van der Waals surface area (Å²) in [5.41, 5.74) is -0.306. The van der Waals surface area contributed by atoms with Crippen LogP contribution in [0.2, 0.25) is 0 Å². The van der Waals surface area contributed by atoms with E-state index in [4.69, 9.17) is 0 Å². The zero-order valence-corrected chi connectivity index (χ0v) is 13.6. The van der Waals surface area contributed by atoms with Crippen molar-refractivity contribution in [1.29, 1.82) is 0 Å². The van der Waals surface area contributed by atoms with Crippen LogP contribution in [-0.4, -0.2) is 39.2 Å². The second kappa shape index (κ2) is 5.89. The molecule has 1 aromatic heterocycles. The van der Waals surface area contributed by atoms with E-state index >= 15 is 0 Å². The third kappa shape index (κ3) is 2.67. The molecule has 3 atom stereocenters. The fourth-order valence-electron chi connectivity index (χ4n) is 4.38. The third-order valence-corrected chi connectivity index (χ3v) is 5.75. The normalized spacial score (nSPS) is 30.8. The Morgan fingerprint density at radius 2 is 2.17 bits per heavy atom. The van der Waals surface area contributed by atoms with Crippen LogP contribution in [0.25, 0.3) is 0 Å². The molecule has 1 aromatic rings. The number of nitrogens with zero attached hydrogens (tertiary/aromatic N) is 2. The van der Waals surface area contributed by atoms with Gasteiger partial charge < -0.3 is 10.0 Å². The van der Waals surface area contributed by atoms with E-state index in [1.165, 1.54) is 6.07 Å². The monoisotopic (exact) mass is 326 g/mol. The maximum absolute atomic E-state index is 13.2. The molecule has 2 fully saturated rings. The maximum atomic E-state index is 13.2. The highest BCUT2D eigenvalue weighted by atomic mass is 19.3. The smallest absolute Gasteiger partial charge is 0.319 e. The van der Waals surface area contributed by atoms with Crippen LogP contribution in [0.4, 0.5) is 8.78 Å². The minimum atomic E-state index is -2.72. The summed E-state index contributed by atoms with van der Waals surface area (Å²) in [6.45, 7) is 1.84. The summed E-state index contributed by atoms with van der Waals surface area (Å²) in [7, 11) is 0.